The molecule has 1 aliphatic heterocycles. The number of carbonyl (C=O) groups is 1. The first kappa shape index (κ1) is 14.5. The van der Waals surface area contributed by atoms with Crippen LogP contribution in [-0.2, 0) is 9.53 Å². The number of amides is 1. The Kier molecular flexibility index (Phi) is 4.96. The first-order chi connectivity index (χ1) is 9.08. The van der Waals surface area contributed by atoms with Gasteiger partial charge in [-0.25, -0.2) is 0 Å². The minimum atomic E-state index is -0.141. The van der Waals surface area contributed by atoms with Crippen LogP contribution >= 0.6 is 23.4 Å². The van der Waals surface area contributed by atoms with E-state index in [0.29, 0.717) is 37.0 Å². The van der Waals surface area contributed by atoms with Gasteiger partial charge in [-0.2, -0.15) is 0 Å². The quantitative estimate of drug-likeness (QED) is 0.687. The van der Waals surface area contributed by atoms with E-state index < -0.39 is 0 Å². The highest BCUT2D eigenvalue weighted by molar-refractivity contribution is 8.00. The van der Waals surface area contributed by atoms with E-state index >= 15 is 0 Å². The number of morpholine rings is 1. The zero-order valence-electron chi connectivity index (χ0n) is 10.8. The lowest BCUT2D eigenvalue weighted by atomic mass is 10.3. The monoisotopic (exact) mass is 300 g/mol. The third-order valence-electron chi connectivity index (χ3n) is 2.96. The van der Waals surface area contributed by atoms with Gasteiger partial charge in [-0.05, 0) is 25.1 Å². The second-order valence-corrected chi connectivity index (χ2v) is 6.20. The zero-order valence-corrected chi connectivity index (χ0v) is 12.3. The van der Waals surface area contributed by atoms with Gasteiger partial charge in [0.1, 0.15) is 0 Å². The number of nitrogen functional groups attached to an aromatic ring is 1. The molecule has 104 valence electrons. The molecule has 19 heavy (non-hydrogen) atoms. The van der Waals surface area contributed by atoms with Gasteiger partial charge in [0.2, 0.25) is 5.91 Å². The molecule has 1 unspecified atom stereocenters. The van der Waals surface area contributed by atoms with Crippen molar-refractivity contribution in [2.75, 3.05) is 32.0 Å². The van der Waals surface area contributed by atoms with Gasteiger partial charge in [0, 0.05) is 18.0 Å². The molecule has 4 nitrogen and oxygen atoms in total. The van der Waals surface area contributed by atoms with Gasteiger partial charge in [0.15, 0.2) is 0 Å². The molecule has 1 heterocycles. The van der Waals surface area contributed by atoms with E-state index in [9.17, 15) is 4.79 Å². The van der Waals surface area contributed by atoms with Crippen LogP contribution in [0.5, 0.6) is 0 Å². The Morgan fingerprint density at radius 2 is 2.16 bits per heavy atom. The van der Waals surface area contributed by atoms with Gasteiger partial charge in [0.05, 0.1) is 29.2 Å². The molecule has 0 radical (unpaired) electrons. The number of halogens is 1. The van der Waals surface area contributed by atoms with E-state index in [1.54, 1.807) is 12.1 Å². The summed E-state index contributed by atoms with van der Waals surface area (Å²) in [7, 11) is 0. The number of thioether (sulfide) groups is 1. The standard InChI is InChI=1S/C13H17ClN2O2S/c1-9(13(17)16-4-6-18-7-5-16)19-10-2-3-12(15)11(14)8-10/h2-3,8-9H,4-7,15H2,1H3. The highest BCUT2D eigenvalue weighted by Crippen LogP contribution is 2.29. The molecule has 1 atom stereocenters. The first-order valence-corrected chi connectivity index (χ1v) is 7.42. The van der Waals surface area contributed by atoms with E-state index in [1.165, 1.54) is 11.8 Å². The van der Waals surface area contributed by atoms with Crippen LogP contribution < -0.4 is 5.73 Å². The maximum Gasteiger partial charge on any atom is 0.235 e. The molecule has 2 N–H and O–H groups in total. The summed E-state index contributed by atoms with van der Waals surface area (Å²) in [5.74, 6) is 0.140. The predicted molar refractivity (Wildman–Crippen MR) is 78.6 cm³/mol. The van der Waals surface area contributed by atoms with Crippen LogP contribution in [0.15, 0.2) is 23.1 Å². The Morgan fingerprint density at radius 3 is 2.79 bits per heavy atom. The number of carbonyl (C=O) groups excluding carboxylic acids is 1. The molecule has 1 aliphatic rings. The molecule has 0 bridgehead atoms. The highest BCUT2D eigenvalue weighted by Gasteiger charge is 2.23. The van der Waals surface area contributed by atoms with Crippen LogP contribution in [0.1, 0.15) is 6.92 Å². The largest absolute Gasteiger partial charge is 0.398 e. The number of nitrogens with two attached hydrogens (primary N) is 1. The lowest BCUT2D eigenvalue weighted by Gasteiger charge is -2.29. The molecule has 0 aliphatic carbocycles. The fourth-order valence-corrected chi connectivity index (χ4v) is 3.11. The van der Waals surface area contributed by atoms with Crippen molar-refractivity contribution >= 4 is 35.0 Å². The molecular formula is C13H17ClN2O2S. The molecule has 1 aromatic rings. The molecule has 1 fully saturated rings. The average Bonchev–Trinajstić information content (AvgIpc) is 2.43. The third-order valence-corrected chi connectivity index (χ3v) is 4.36. The van der Waals surface area contributed by atoms with Crippen molar-refractivity contribution < 1.29 is 9.53 Å². The average molecular weight is 301 g/mol. The third kappa shape index (κ3) is 3.78. The number of hydrogen-bond acceptors (Lipinski definition) is 4. The van der Waals surface area contributed by atoms with E-state index in [0.717, 1.165) is 4.90 Å². The number of ether oxygens (including phenoxy) is 1. The number of anilines is 1. The topological polar surface area (TPSA) is 55.6 Å². The maximum absolute atomic E-state index is 12.2. The Hall–Kier alpha value is -0.910. The van der Waals surface area contributed by atoms with Gasteiger partial charge in [0.25, 0.3) is 0 Å². The van der Waals surface area contributed by atoms with Crippen molar-refractivity contribution in [1.82, 2.24) is 4.90 Å². The number of hydrogen-bond donors (Lipinski definition) is 1. The zero-order chi connectivity index (χ0) is 13.8. The molecule has 0 aromatic heterocycles. The van der Waals surface area contributed by atoms with Crippen LogP contribution in [0, 0.1) is 0 Å². The van der Waals surface area contributed by atoms with Gasteiger partial charge < -0.3 is 15.4 Å². The van der Waals surface area contributed by atoms with Crippen LogP contribution in [0.2, 0.25) is 5.02 Å². The number of benzene rings is 1. The predicted octanol–water partition coefficient (Wildman–Crippen LogP) is 2.26. The van der Waals surface area contributed by atoms with Crippen molar-refractivity contribution in [2.24, 2.45) is 0 Å². The van der Waals surface area contributed by atoms with Crippen LogP contribution in [-0.4, -0.2) is 42.4 Å². The highest BCUT2D eigenvalue weighted by atomic mass is 35.5. The summed E-state index contributed by atoms with van der Waals surface area (Å²) in [6, 6.07) is 5.44. The summed E-state index contributed by atoms with van der Waals surface area (Å²) < 4.78 is 5.24. The Labute approximate surface area is 122 Å². The lowest BCUT2D eigenvalue weighted by Crippen LogP contribution is -2.44. The molecule has 2 rings (SSSR count). The molecule has 1 saturated heterocycles. The lowest BCUT2D eigenvalue weighted by molar-refractivity contribution is -0.134. The van der Waals surface area contributed by atoms with Crippen LogP contribution in [0.25, 0.3) is 0 Å². The normalized spacial score (nSPS) is 17.3. The van der Waals surface area contributed by atoms with Crippen molar-refractivity contribution in [3.05, 3.63) is 23.2 Å². The van der Waals surface area contributed by atoms with Gasteiger partial charge in [-0.3, -0.25) is 4.79 Å². The Bertz CT molecular complexity index is 464. The second-order valence-electron chi connectivity index (χ2n) is 4.38. The van der Waals surface area contributed by atoms with E-state index in [2.05, 4.69) is 0 Å². The number of rotatable bonds is 3. The number of nitrogens with zero attached hydrogens (tertiary/aromatic N) is 1. The maximum atomic E-state index is 12.2. The minimum Gasteiger partial charge on any atom is -0.398 e. The summed E-state index contributed by atoms with van der Waals surface area (Å²) in [5, 5.41) is 0.383. The summed E-state index contributed by atoms with van der Waals surface area (Å²) in [5.41, 5.74) is 6.22. The summed E-state index contributed by atoms with van der Waals surface area (Å²) in [6.45, 7) is 4.50. The Balaban J connectivity index is 1.97. The second kappa shape index (κ2) is 6.50. The fraction of sp³-hybridized carbons (Fsp3) is 0.462. The van der Waals surface area contributed by atoms with E-state index in [1.807, 2.05) is 17.9 Å². The van der Waals surface area contributed by atoms with Gasteiger partial charge in [-0.15, -0.1) is 11.8 Å². The summed E-state index contributed by atoms with van der Waals surface area (Å²) >= 11 is 7.47. The Morgan fingerprint density at radius 1 is 1.47 bits per heavy atom. The molecule has 1 amide bonds. The fourth-order valence-electron chi connectivity index (χ4n) is 1.88. The van der Waals surface area contributed by atoms with Crippen molar-refractivity contribution in [1.29, 1.82) is 0 Å². The molecule has 6 heteroatoms. The molecule has 0 saturated carbocycles. The minimum absolute atomic E-state index is 0.140. The van der Waals surface area contributed by atoms with Gasteiger partial charge >= 0.3 is 0 Å². The van der Waals surface area contributed by atoms with Gasteiger partial charge in [-0.1, -0.05) is 11.6 Å². The SMILES string of the molecule is CC(Sc1ccc(N)c(Cl)c1)C(=O)N1CCOCC1. The smallest absolute Gasteiger partial charge is 0.235 e. The van der Waals surface area contributed by atoms with Crippen molar-refractivity contribution in [2.45, 2.75) is 17.1 Å². The van der Waals surface area contributed by atoms with E-state index in [4.69, 9.17) is 22.1 Å². The summed E-state index contributed by atoms with van der Waals surface area (Å²) in [6.07, 6.45) is 0. The van der Waals surface area contributed by atoms with Crippen molar-refractivity contribution in [3.63, 3.8) is 0 Å². The van der Waals surface area contributed by atoms with Crippen molar-refractivity contribution in [3.8, 4) is 0 Å². The molecule has 1 aromatic carbocycles. The van der Waals surface area contributed by atoms with E-state index in [-0.39, 0.29) is 11.2 Å². The molecular weight excluding hydrogens is 284 g/mol. The first-order valence-electron chi connectivity index (χ1n) is 6.16. The summed E-state index contributed by atoms with van der Waals surface area (Å²) in [4.78, 5) is 15.0. The molecule has 0 spiro atoms. The van der Waals surface area contributed by atoms with Crippen LogP contribution in [0.4, 0.5) is 5.69 Å². The van der Waals surface area contributed by atoms with Crippen LogP contribution in [0.3, 0.4) is 0 Å².